The van der Waals surface area contributed by atoms with Crippen molar-refractivity contribution in [3.63, 3.8) is 0 Å². The van der Waals surface area contributed by atoms with Crippen LogP contribution in [0.5, 0.6) is 0 Å². The van der Waals surface area contributed by atoms with E-state index in [1.54, 1.807) is 42.1 Å². The molecule has 0 aromatic rings. The molecule has 482 valence electrons. The van der Waals surface area contributed by atoms with Crippen LogP contribution in [-0.4, -0.2) is 218 Å². The summed E-state index contributed by atoms with van der Waals surface area (Å²) in [7, 11) is 4.75. The lowest BCUT2D eigenvalue weighted by Gasteiger charge is -2.64. The van der Waals surface area contributed by atoms with Crippen LogP contribution in [0.2, 0.25) is 0 Å². The van der Waals surface area contributed by atoms with Crippen LogP contribution in [0.15, 0.2) is 11.6 Å². The quantitative estimate of drug-likeness (QED) is 0.108. The Bertz CT molecular complexity index is 2230. The largest absolute Gasteiger partial charge is 0.393 e. The second-order valence-electron chi connectivity index (χ2n) is 27.9. The lowest BCUT2D eigenvalue weighted by Crippen LogP contribution is -2.62. The number of methoxy groups -OCH3 is 3. The highest BCUT2D eigenvalue weighted by atomic mass is 17.2. The monoisotopic (exact) mass is 1200 g/mol. The molecular weight excluding hydrogens is 1100 g/mol. The van der Waals surface area contributed by atoms with Crippen molar-refractivity contribution < 1.29 is 106 Å². The predicted molar refractivity (Wildman–Crippen MR) is 296 cm³/mol. The molecule has 0 unspecified atom stereocenters. The van der Waals surface area contributed by atoms with E-state index in [0.717, 1.165) is 44.9 Å². The highest BCUT2D eigenvalue weighted by Crippen LogP contribution is 2.72. The first-order valence-corrected chi connectivity index (χ1v) is 31.8. The Labute approximate surface area is 496 Å². The van der Waals surface area contributed by atoms with Crippen molar-refractivity contribution in [3.8, 4) is 0 Å². The molecule has 0 aromatic carbocycles. The van der Waals surface area contributed by atoms with Crippen LogP contribution in [0.25, 0.3) is 0 Å². The maximum atomic E-state index is 12.9. The molecule has 11 rings (SSSR count). The van der Waals surface area contributed by atoms with Crippen LogP contribution in [0.4, 0.5) is 0 Å². The third kappa shape index (κ3) is 11.9. The molecule has 4 aliphatic carbocycles. The van der Waals surface area contributed by atoms with Crippen molar-refractivity contribution >= 4 is 0 Å². The zero-order chi connectivity index (χ0) is 60.0. The van der Waals surface area contributed by atoms with Gasteiger partial charge in [-0.15, -0.1) is 0 Å². The van der Waals surface area contributed by atoms with E-state index >= 15 is 0 Å². The molecule has 10 fully saturated rings. The molecule has 84 heavy (non-hydrogen) atoms. The van der Waals surface area contributed by atoms with Gasteiger partial charge in [0.05, 0.1) is 91.1 Å². The molecule has 0 amide bonds. The molecule has 0 aromatic heterocycles. The van der Waals surface area contributed by atoms with Crippen LogP contribution < -0.4 is 0 Å². The Morgan fingerprint density at radius 1 is 0.583 bits per heavy atom. The number of hydrogen-bond donors (Lipinski definition) is 5. The van der Waals surface area contributed by atoms with Crippen molar-refractivity contribution in [2.45, 2.75) is 324 Å². The number of aliphatic hydroxyl groups is 5. The van der Waals surface area contributed by atoms with E-state index in [2.05, 4.69) is 26.8 Å². The summed E-state index contributed by atoms with van der Waals surface area (Å²) in [4.78, 5) is 12.4. The van der Waals surface area contributed by atoms with Gasteiger partial charge in [-0.25, -0.2) is 4.89 Å². The topological polar surface area (TPSA) is 258 Å². The first kappa shape index (κ1) is 64.4. The van der Waals surface area contributed by atoms with Gasteiger partial charge in [-0.3, -0.25) is 0 Å². The molecule has 11 aliphatic rings. The number of allylic oxidation sites excluding steroid dienone is 1. The Balaban J connectivity index is 0.641. The zero-order valence-electron chi connectivity index (χ0n) is 51.9. The normalized spacial score (nSPS) is 54.8. The van der Waals surface area contributed by atoms with Gasteiger partial charge in [0.25, 0.3) is 0 Å². The van der Waals surface area contributed by atoms with Gasteiger partial charge in [-0.2, -0.15) is 4.89 Å². The second kappa shape index (κ2) is 25.2. The Morgan fingerprint density at radius 2 is 1.13 bits per heavy atom. The summed E-state index contributed by atoms with van der Waals surface area (Å²) in [5, 5.41) is 57.0. The van der Waals surface area contributed by atoms with Gasteiger partial charge in [0.2, 0.25) is 5.79 Å². The van der Waals surface area contributed by atoms with Gasteiger partial charge in [-0.05, 0) is 122 Å². The Morgan fingerprint density at radius 3 is 1.75 bits per heavy atom. The average molecular weight is 1200 g/mol. The Kier molecular flexibility index (Phi) is 19.3. The first-order chi connectivity index (χ1) is 39.8. The fourth-order valence-electron chi connectivity index (χ4n) is 18.0. The fraction of sp³-hybridized carbons (Fsp3) is 0.968. The highest BCUT2D eigenvalue weighted by Gasteiger charge is 2.69. The summed E-state index contributed by atoms with van der Waals surface area (Å²) in [6.07, 6.45) is -4.70. The Hall–Kier alpha value is -1.14. The first-order valence-electron chi connectivity index (χ1n) is 31.8. The van der Waals surface area contributed by atoms with Crippen LogP contribution in [-0.2, 0) is 80.8 Å². The highest BCUT2D eigenvalue weighted by molar-refractivity contribution is 5.29. The predicted octanol–water partition coefficient (Wildman–Crippen LogP) is 5.40. The second-order valence-corrected chi connectivity index (χ2v) is 27.9. The molecule has 22 nitrogen and oxygen atoms in total. The third-order valence-corrected chi connectivity index (χ3v) is 22.8. The van der Waals surface area contributed by atoms with Crippen molar-refractivity contribution in [2.24, 2.45) is 28.1 Å². The maximum Gasteiger partial charge on any atom is 0.228 e. The lowest BCUT2D eigenvalue weighted by molar-refractivity contribution is -0.472. The summed E-state index contributed by atoms with van der Waals surface area (Å²) in [6, 6.07) is 0. The fourth-order valence-corrected chi connectivity index (χ4v) is 18.0. The van der Waals surface area contributed by atoms with Crippen molar-refractivity contribution in [3.05, 3.63) is 11.6 Å². The minimum Gasteiger partial charge on any atom is -0.393 e. The minimum atomic E-state index is -1.34. The van der Waals surface area contributed by atoms with Crippen LogP contribution in [0.3, 0.4) is 0 Å². The molecular formula is C62H102O22. The summed E-state index contributed by atoms with van der Waals surface area (Å²) in [6.45, 7) is 20.3. The van der Waals surface area contributed by atoms with Crippen LogP contribution >= 0.6 is 0 Å². The summed E-state index contributed by atoms with van der Waals surface area (Å²) < 4.78 is 94.5. The standard InChI is InChI=1S/C62H102O22/c1-30-52(66)41(68-11)25-50(72-30)81-55-33(4)75-51(26-42(55)69-12)79-54-32(3)73-47(23-39(54)64)78-53-31(2)74-48(24-40(53)65)80-56-35(6)82-61(28-44(56)70-13)29-71-43-27-49(76-34(5)57(43)83-84-61)77-36(7)62(67)21-17-46-59(9)18-14-37-22-38(63)15-19-58(37,8)45(59)16-20-60(46,62)10/h14,30-36,38-57,63-67H,15-29H2,1-13H3/t30-,31-,32-,33-,34-,35-,36+,38+,39+,40+,41-,42+,43-,44+,45+,46+,47+,48+,49+,50+,51+,52-,53-,54-,55-,56-,57-,58+,59-,60+,61+,62+/m1/s1. The molecule has 7 saturated heterocycles. The zero-order valence-corrected chi connectivity index (χ0v) is 51.9. The van der Waals surface area contributed by atoms with Crippen molar-refractivity contribution in [1.29, 1.82) is 0 Å². The van der Waals surface area contributed by atoms with Crippen LogP contribution in [0.1, 0.15) is 159 Å². The van der Waals surface area contributed by atoms with E-state index in [1.807, 2.05) is 27.7 Å². The lowest BCUT2D eigenvalue weighted by atomic mass is 9.41. The van der Waals surface area contributed by atoms with Gasteiger partial charge in [0.1, 0.15) is 43.2 Å². The molecule has 1 spiro atoms. The molecule has 3 saturated carbocycles. The van der Waals surface area contributed by atoms with Gasteiger partial charge in [0, 0.05) is 65.3 Å². The van der Waals surface area contributed by atoms with E-state index in [-0.39, 0.29) is 48.2 Å². The molecule has 0 radical (unpaired) electrons. The number of ether oxygens (including phenoxy) is 15. The number of fused-ring (bicyclic) bond motifs is 6. The van der Waals surface area contributed by atoms with E-state index < -0.39 is 159 Å². The van der Waals surface area contributed by atoms with E-state index in [4.69, 9.17) is 80.8 Å². The molecule has 0 bridgehead atoms. The molecule has 22 heteroatoms. The number of aliphatic hydroxyl groups excluding tert-OH is 4. The van der Waals surface area contributed by atoms with Crippen LogP contribution in [0, 0.1) is 28.1 Å². The molecule has 7 aliphatic heterocycles. The van der Waals surface area contributed by atoms with Crippen molar-refractivity contribution in [2.75, 3.05) is 27.9 Å². The van der Waals surface area contributed by atoms with Gasteiger partial charge < -0.3 is 96.6 Å². The van der Waals surface area contributed by atoms with E-state index in [0.29, 0.717) is 37.5 Å². The average Bonchev–Trinajstić information content (AvgIpc) is 3.02. The van der Waals surface area contributed by atoms with E-state index in [9.17, 15) is 25.5 Å². The number of rotatable bonds is 14. The van der Waals surface area contributed by atoms with Gasteiger partial charge in [-0.1, -0.05) is 32.4 Å². The summed E-state index contributed by atoms with van der Waals surface area (Å²) >= 11 is 0. The number of hydrogen-bond acceptors (Lipinski definition) is 22. The third-order valence-electron chi connectivity index (χ3n) is 22.8. The minimum absolute atomic E-state index is 0.0350. The molecule has 5 N–H and O–H groups in total. The molecule has 32 atom stereocenters. The van der Waals surface area contributed by atoms with Crippen molar-refractivity contribution in [1.82, 2.24) is 0 Å². The maximum absolute atomic E-state index is 12.9. The summed E-state index contributed by atoms with van der Waals surface area (Å²) in [5.41, 5.74) is 0.163. The smallest absolute Gasteiger partial charge is 0.228 e. The molecule has 7 heterocycles. The van der Waals surface area contributed by atoms with Gasteiger partial charge >= 0.3 is 0 Å². The summed E-state index contributed by atoms with van der Waals surface area (Å²) in [5.74, 6) is -0.507. The van der Waals surface area contributed by atoms with Gasteiger partial charge in [0.15, 0.2) is 31.5 Å². The van der Waals surface area contributed by atoms with E-state index in [1.165, 1.54) is 5.57 Å². The SMILES string of the molecule is CO[C@H]1C[C@H](O[C@H]2[C@@H](O)C[C@H](O[C@H]3[C@@H](O)C[C@H](O[C@H]4[C@@H](OC)C[C@]5(CO[C@@H]6C[C@H](O[C@@H](C)[C@@]7(O)CC[C@H]8[C@]9(C)CC=C%10C[C@@H](O)CC[C@]%10(C)[C@@H]9CC[C@@]87C)O[C@H](C)[C@H]6OO5)O[C@@H]4C)O[C@@H]3C)O[C@@H]2C)O[C@H](C)[C@H]1O[C@H]1C[C@@H](OC)[C@H](O)[C@@H](C)O1.